The summed E-state index contributed by atoms with van der Waals surface area (Å²) in [6.07, 6.45) is 0.374. The van der Waals surface area contributed by atoms with Gasteiger partial charge in [-0.15, -0.1) is 0 Å². The Hall–Kier alpha value is -2.50. The molecule has 0 bridgehead atoms. The van der Waals surface area contributed by atoms with Crippen LogP contribution in [0.3, 0.4) is 0 Å². The van der Waals surface area contributed by atoms with Gasteiger partial charge in [0.2, 0.25) is 0 Å². The van der Waals surface area contributed by atoms with Crippen molar-refractivity contribution in [3.05, 3.63) is 71.8 Å². The molecule has 0 aliphatic rings. The first-order valence-electron chi connectivity index (χ1n) is 10.4. The van der Waals surface area contributed by atoms with Crippen molar-refractivity contribution in [3.8, 4) is 0 Å². The van der Waals surface area contributed by atoms with Crippen LogP contribution in [0, 0.1) is 5.92 Å². The maximum absolute atomic E-state index is 12.3. The molecule has 0 fully saturated rings. The summed E-state index contributed by atoms with van der Waals surface area (Å²) in [4.78, 5) is 24.5. The van der Waals surface area contributed by atoms with Gasteiger partial charge in [0, 0.05) is 6.42 Å². The average molecular weight is 413 g/mol. The van der Waals surface area contributed by atoms with Crippen LogP contribution < -0.4 is 0 Å². The lowest BCUT2D eigenvalue weighted by Crippen LogP contribution is -2.33. The smallest absolute Gasteiger partial charge is 0.306 e. The van der Waals surface area contributed by atoms with Gasteiger partial charge in [-0.25, -0.2) is 0 Å². The van der Waals surface area contributed by atoms with Gasteiger partial charge in [-0.2, -0.15) is 0 Å². The van der Waals surface area contributed by atoms with Crippen molar-refractivity contribution in [2.75, 3.05) is 13.2 Å². The summed E-state index contributed by atoms with van der Waals surface area (Å²) in [7, 11) is 0. The fourth-order valence-corrected chi connectivity index (χ4v) is 2.89. The molecule has 0 N–H and O–H groups in total. The number of hydrogen-bond donors (Lipinski definition) is 0. The first-order valence-corrected chi connectivity index (χ1v) is 10.4. The first kappa shape index (κ1) is 23.8. The lowest BCUT2D eigenvalue weighted by Gasteiger charge is -2.26. The maximum Gasteiger partial charge on any atom is 0.306 e. The third-order valence-corrected chi connectivity index (χ3v) is 4.70. The van der Waals surface area contributed by atoms with Crippen LogP contribution in [-0.4, -0.2) is 30.6 Å². The fraction of sp³-hybridized carbons (Fsp3) is 0.440. The molecule has 0 spiro atoms. The molecule has 0 heterocycles. The van der Waals surface area contributed by atoms with Gasteiger partial charge in [-0.3, -0.25) is 9.59 Å². The van der Waals surface area contributed by atoms with Gasteiger partial charge in [0.1, 0.15) is 12.4 Å². The summed E-state index contributed by atoms with van der Waals surface area (Å²) in [5, 5.41) is 0. The van der Waals surface area contributed by atoms with Crippen molar-refractivity contribution in [2.45, 2.75) is 52.4 Å². The number of rotatable bonds is 13. The van der Waals surface area contributed by atoms with Crippen molar-refractivity contribution in [1.82, 2.24) is 0 Å². The van der Waals surface area contributed by atoms with Crippen molar-refractivity contribution < 1.29 is 23.8 Å². The SMILES string of the molecule is CCC(=O)[C@H](COCC(C)(C)OCc1ccccc1)CC(=O)OCc1ccccc1. The Morgan fingerprint density at radius 1 is 0.900 bits per heavy atom. The minimum Gasteiger partial charge on any atom is -0.461 e. The largest absolute Gasteiger partial charge is 0.461 e. The summed E-state index contributed by atoms with van der Waals surface area (Å²) < 4.78 is 17.0. The van der Waals surface area contributed by atoms with Crippen molar-refractivity contribution in [2.24, 2.45) is 5.92 Å². The highest BCUT2D eigenvalue weighted by molar-refractivity contribution is 5.85. The Kier molecular flexibility index (Phi) is 9.71. The number of carbonyl (C=O) groups is 2. The third-order valence-electron chi connectivity index (χ3n) is 4.70. The van der Waals surface area contributed by atoms with Gasteiger partial charge in [0.15, 0.2) is 0 Å². The van der Waals surface area contributed by atoms with Crippen LogP contribution in [0.4, 0.5) is 0 Å². The van der Waals surface area contributed by atoms with Gasteiger partial charge in [0.25, 0.3) is 0 Å². The molecule has 30 heavy (non-hydrogen) atoms. The predicted molar refractivity (Wildman–Crippen MR) is 116 cm³/mol. The molecule has 0 saturated carbocycles. The second-order valence-corrected chi connectivity index (χ2v) is 7.92. The molecule has 5 nitrogen and oxygen atoms in total. The standard InChI is InChI=1S/C25H32O5/c1-4-23(26)22(15-24(27)29-16-20-11-7-5-8-12-20)18-28-19-25(2,3)30-17-21-13-9-6-10-14-21/h5-14,22H,4,15-19H2,1-3H3/t22-/m0/s1. The van der Waals surface area contributed by atoms with Gasteiger partial charge in [-0.05, 0) is 25.0 Å². The molecule has 0 aliphatic carbocycles. The lowest BCUT2D eigenvalue weighted by molar-refractivity contribution is -0.149. The minimum atomic E-state index is -0.511. The van der Waals surface area contributed by atoms with Crippen molar-refractivity contribution in [1.29, 1.82) is 0 Å². The first-order chi connectivity index (χ1) is 14.4. The molecule has 0 radical (unpaired) electrons. The molecule has 2 aromatic carbocycles. The number of ketones is 1. The van der Waals surface area contributed by atoms with Crippen LogP contribution in [-0.2, 0) is 37.0 Å². The Morgan fingerprint density at radius 3 is 2.03 bits per heavy atom. The van der Waals surface area contributed by atoms with E-state index in [1.54, 1.807) is 6.92 Å². The van der Waals surface area contributed by atoms with Crippen molar-refractivity contribution in [3.63, 3.8) is 0 Å². The Labute approximate surface area is 179 Å². The van der Waals surface area contributed by atoms with E-state index in [9.17, 15) is 9.59 Å². The normalized spacial score (nSPS) is 12.4. The summed E-state index contributed by atoms with van der Waals surface area (Å²) in [5.74, 6) is -0.910. The Bertz CT molecular complexity index is 771. The van der Waals surface area contributed by atoms with E-state index in [1.165, 1.54) is 0 Å². The zero-order valence-electron chi connectivity index (χ0n) is 18.1. The van der Waals surface area contributed by atoms with Gasteiger partial charge in [0.05, 0.1) is 37.8 Å². The topological polar surface area (TPSA) is 61.8 Å². The van der Waals surface area contributed by atoms with E-state index in [0.717, 1.165) is 11.1 Å². The second-order valence-electron chi connectivity index (χ2n) is 7.92. The molecule has 0 amide bonds. The van der Waals surface area contributed by atoms with Crippen molar-refractivity contribution >= 4 is 11.8 Å². The van der Waals surface area contributed by atoms with Gasteiger partial charge >= 0.3 is 5.97 Å². The molecule has 1 atom stereocenters. The van der Waals surface area contributed by atoms with E-state index in [4.69, 9.17) is 14.2 Å². The Morgan fingerprint density at radius 2 is 1.47 bits per heavy atom. The maximum atomic E-state index is 12.3. The van der Waals surface area contributed by atoms with Crippen LogP contribution in [0.15, 0.2) is 60.7 Å². The Balaban J connectivity index is 1.77. The highest BCUT2D eigenvalue weighted by Gasteiger charge is 2.24. The van der Waals surface area contributed by atoms with Crippen LogP contribution >= 0.6 is 0 Å². The van der Waals surface area contributed by atoms with E-state index < -0.39 is 17.5 Å². The number of Topliss-reactive ketones (excluding diaryl/α,β-unsaturated/α-hetero) is 1. The highest BCUT2D eigenvalue weighted by Crippen LogP contribution is 2.16. The molecule has 5 heteroatoms. The molecule has 2 aromatic rings. The molecule has 0 aliphatic heterocycles. The van der Waals surface area contributed by atoms with Gasteiger partial charge in [-0.1, -0.05) is 67.6 Å². The zero-order chi connectivity index (χ0) is 21.8. The molecular weight excluding hydrogens is 380 g/mol. The van der Waals surface area contributed by atoms with E-state index in [2.05, 4.69) is 0 Å². The second kappa shape index (κ2) is 12.3. The van der Waals surface area contributed by atoms with E-state index in [0.29, 0.717) is 19.6 Å². The third kappa shape index (κ3) is 8.89. The summed E-state index contributed by atoms with van der Waals surface area (Å²) in [6.45, 7) is 6.87. The van der Waals surface area contributed by atoms with Crippen LogP contribution in [0.2, 0.25) is 0 Å². The summed E-state index contributed by atoms with van der Waals surface area (Å²) >= 11 is 0. The molecular formula is C25H32O5. The summed E-state index contributed by atoms with van der Waals surface area (Å²) in [5.41, 5.74) is 1.49. The molecule has 0 aromatic heterocycles. The summed E-state index contributed by atoms with van der Waals surface area (Å²) in [6, 6.07) is 19.4. The highest BCUT2D eigenvalue weighted by atomic mass is 16.5. The van der Waals surface area contributed by atoms with Crippen LogP contribution in [0.25, 0.3) is 0 Å². The number of carbonyl (C=O) groups excluding carboxylic acids is 2. The lowest BCUT2D eigenvalue weighted by atomic mass is 9.99. The molecule has 162 valence electrons. The monoisotopic (exact) mass is 412 g/mol. The fourth-order valence-electron chi connectivity index (χ4n) is 2.89. The molecule has 0 saturated heterocycles. The minimum absolute atomic E-state index is 0.00493. The van der Waals surface area contributed by atoms with E-state index >= 15 is 0 Å². The quantitative estimate of drug-likeness (QED) is 0.445. The average Bonchev–Trinajstić information content (AvgIpc) is 2.76. The number of benzene rings is 2. The molecule has 0 unspecified atom stereocenters. The van der Waals surface area contributed by atoms with Gasteiger partial charge < -0.3 is 14.2 Å². The van der Waals surface area contributed by atoms with E-state index in [-0.39, 0.29) is 25.4 Å². The number of esters is 1. The predicted octanol–water partition coefficient (Wildman–Crippen LogP) is 4.73. The van der Waals surface area contributed by atoms with Crippen LogP contribution in [0.5, 0.6) is 0 Å². The van der Waals surface area contributed by atoms with Crippen LogP contribution in [0.1, 0.15) is 44.7 Å². The van der Waals surface area contributed by atoms with E-state index in [1.807, 2.05) is 74.5 Å². The number of hydrogen-bond acceptors (Lipinski definition) is 5. The zero-order valence-corrected chi connectivity index (χ0v) is 18.1. The molecule has 2 rings (SSSR count). The number of ether oxygens (including phenoxy) is 3.